The number of carbonyl (C=O) groups excluding carboxylic acids is 1. The van der Waals surface area contributed by atoms with Crippen molar-refractivity contribution in [2.45, 2.75) is 32.9 Å². The van der Waals surface area contributed by atoms with Gasteiger partial charge < -0.3 is 19.5 Å². The van der Waals surface area contributed by atoms with Crippen LogP contribution in [0, 0.1) is 0 Å². The Morgan fingerprint density at radius 2 is 2.14 bits per heavy atom. The van der Waals surface area contributed by atoms with Gasteiger partial charge in [0, 0.05) is 12.1 Å². The summed E-state index contributed by atoms with van der Waals surface area (Å²) in [5, 5.41) is 8.75. The number of carboxylic acid groups (broad SMARTS) is 1. The van der Waals surface area contributed by atoms with Gasteiger partial charge in [0.2, 0.25) is 0 Å². The smallest absolute Gasteiger partial charge is 0.328 e. The number of hydrogen-bond acceptors (Lipinski definition) is 4. The number of anilines is 1. The summed E-state index contributed by atoms with van der Waals surface area (Å²) in [5.74, 6) is -0.217. The van der Waals surface area contributed by atoms with Gasteiger partial charge in [0.1, 0.15) is 0 Å². The first kappa shape index (κ1) is 15.9. The highest BCUT2D eigenvalue weighted by atomic mass is 16.5. The van der Waals surface area contributed by atoms with E-state index in [9.17, 15) is 9.59 Å². The van der Waals surface area contributed by atoms with Gasteiger partial charge in [0.25, 0.3) is 5.91 Å². The molecule has 6 heteroatoms. The van der Waals surface area contributed by atoms with Crippen LogP contribution in [0.5, 0.6) is 11.5 Å². The molecule has 0 fully saturated rings. The highest BCUT2D eigenvalue weighted by Gasteiger charge is 2.35. The minimum absolute atomic E-state index is 0.0546. The number of rotatable bonds is 4. The lowest BCUT2D eigenvalue weighted by molar-refractivity contribution is -0.131. The maximum atomic E-state index is 12.4. The third-order valence-corrected chi connectivity index (χ3v) is 3.35. The van der Waals surface area contributed by atoms with E-state index in [1.54, 1.807) is 24.0 Å². The summed E-state index contributed by atoms with van der Waals surface area (Å²) in [6, 6.07) is 3.35. The van der Waals surface area contributed by atoms with Crippen molar-refractivity contribution in [1.29, 1.82) is 0 Å². The number of carbonyl (C=O) groups is 2. The Bertz CT molecular complexity index is 636. The fourth-order valence-electron chi connectivity index (χ4n) is 2.40. The maximum Gasteiger partial charge on any atom is 0.328 e. The molecule has 0 bridgehead atoms. The summed E-state index contributed by atoms with van der Waals surface area (Å²) >= 11 is 0. The van der Waals surface area contributed by atoms with Gasteiger partial charge in [-0.15, -0.1) is 0 Å². The molecular weight excluding hydrogens is 286 g/mol. The molecule has 2 rings (SSSR count). The summed E-state index contributed by atoms with van der Waals surface area (Å²) in [7, 11) is 1.50. The van der Waals surface area contributed by atoms with Crippen molar-refractivity contribution in [3.8, 4) is 11.5 Å². The first-order valence-corrected chi connectivity index (χ1v) is 6.98. The van der Waals surface area contributed by atoms with Crippen molar-refractivity contribution in [3.05, 3.63) is 23.8 Å². The molecule has 1 aliphatic rings. The first-order valence-electron chi connectivity index (χ1n) is 6.98. The first-order chi connectivity index (χ1) is 10.3. The van der Waals surface area contributed by atoms with Crippen molar-refractivity contribution in [3.63, 3.8) is 0 Å². The van der Waals surface area contributed by atoms with Gasteiger partial charge in [-0.05, 0) is 44.5 Å². The maximum absolute atomic E-state index is 12.4. The minimum atomic E-state index is -1.04. The van der Waals surface area contributed by atoms with Crippen molar-refractivity contribution in [2.75, 3.05) is 12.0 Å². The molecule has 1 unspecified atom stereocenters. The van der Waals surface area contributed by atoms with E-state index in [0.29, 0.717) is 22.7 Å². The van der Waals surface area contributed by atoms with Crippen LogP contribution < -0.4 is 14.4 Å². The number of methoxy groups -OCH3 is 1. The Kier molecular flexibility index (Phi) is 4.40. The molecule has 1 amide bonds. The highest BCUT2D eigenvalue weighted by Crippen LogP contribution is 2.43. The number of fused-ring (bicyclic) bond motifs is 1. The second-order valence-corrected chi connectivity index (χ2v) is 5.31. The van der Waals surface area contributed by atoms with Gasteiger partial charge in [-0.2, -0.15) is 0 Å². The Labute approximate surface area is 128 Å². The molecule has 0 aliphatic carbocycles. The minimum Gasteiger partial charge on any atom is -0.493 e. The summed E-state index contributed by atoms with van der Waals surface area (Å²) in [6.45, 7) is 5.51. The molecule has 1 aromatic carbocycles. The molecule has 22 heavy (non-hydrogen) atoms. The van der Waals surface area contributed by atoms with Crippen LogP contribution in [-0.4, -0.2) is 36.2 Å². The monoisotopic (exact) mass is 305 g/mol. The normalized spacial score (nSPS) is 17.6. The van der Waals surface area contributed by atoms with Crippen molar-refractivity contribution in [2.24, 2.45) is 0 Å². The van der Waals surface area contributed by atoms with E-state index >= 15 is 0 Å². The Hall–Kier alpha value is -2.50. The molecule has 1 aromatic rings. The zero-order valence-corrected chi connectivity index (χ0v) is 13.0. The SMILES string of the molecule is COc1cc(/C=C/C(=O)O)cc2c1OC(C)C(=O)N2C(C)C. The van der Waals surface area contributed by atoms with E-state index in [2.05, 4.69) is 0 Å². The van der Waals surface area contributed by atoms with E-state index in [1.165, 1.54) is 13.2 Å². The molecule has 1 heterocycles. The largest absolute Gasteiger partial charge is 0.493 e. The van der Waals surface area contributed by atoms with Crippen molar-refractivity contribution >= 4 is 23.6 Å². The average molecular weight is 305 g/mol. The number of hydrogen-bond donors (Lipinski definition) is 1. The van der Waals surface area contributed by atoms with Crippen molar-refractivity contribution in [1.82, 2.24) is 0 Å². The van der Waals surface area contributed by atoms with E-state index in [-0.39, 0.29) is 11.9 Å². The molecule has 0 aromatic heterocycles. The second kappa shape index (κ2) is 6.09. The number of nitrogens with zero attached hydrogens (tertiary/aromatic N) is 1. The van der Waals surface area contributed by atoms with Crippen LogP contribution in [0.1, 0.15) is 26.3 Å². The highest BCUT2D eigenvalue weighted by molar-refractivity contribution is 6.01. The van der Waals surface area contributed by atoms with Crippen LogP contribution in [-0.2, 0) is 9.59 Å². The third kappa shape index (κ3) is 2.90. The number of aliphatic carboxylic acids is 1. The number of ether oxygens (including phenoxy) is 2. The van der Waals surface area contributed by atoms with Crippen molar-refractivity contribution < 1.29 is 24.2 Å². The topological polar surface area (TPSA) is 76.1 Å². The standard InChI is InChI=1S/C16H19NO5/c1-9(2)17-12-7-11(5-6-14(18)19)8-13(21-4)15(12)22-10(3)16(17)20/h5-10H,1-4H3,(H,18,19)/b6-5+. The molecule has 1 N–H and O–H groups in total. The summed E-state index contributed by atoms with van der Waals surface area (Å²) in [4.78, 5) is 24.7. The van der Waals surface area contributed by atoms with Gasteiger partial charge in [0.05, 0.1) is 12.8 Å². The van der Waals surface area contributed by atoms with E-state index < -0.39 is 12.1 Å². The summed E-state index contributed by atoms with van der Waals surface area (Å²) < 4.78 is 11.0. The van der Waals surface area contributed by atoms with Crippen LogP contribution in [0.15, 0.2) is 18.2 Å². The Morgan fingerprint density at radius 1 is 1.45 bits per heavy atom. The second-order valence-electron chi connectivity index (χ2n) is 5.31. The Morgan fingerprint density at radius 3 is 2.68 bits per heavy atom. The number of benzene rings is 1. The van der Waals surface area contributed by atoms with Crippen LogP contribution in [0.2, 0.25) is 0 Å². The van der Waals surface area contributed by atoms with E-state index in [4.69, 9.17) is 14.6 Å². The van der Waals surface area contributed by atoms with Gasteiger partial charge in [-0.25, -0.2) is 4.79 Å². The molecule has 0 saturated carbocycles. The zero-order chi connectivity index (χ0) is 16.4. The number of amides is 1. The summed E-state index contributed by atoms with van der Waals surface area (Å²) in [5.41, 5.74) is 1.21. The van der Waals surface area contributed by atoms with E-state index in [0.717, 1.165) is 6.08 Å². The van der Waals surface area contributed by atoms with Crippen LogP contribution >= 0.6 is 0 Å². The number of carboxylic acids is 1. The average Bonchev–Trinajstić information content (AvgIpc) is 2.45. The van der Waals surface area contributed by atoms with Gasteiger partial charge >= 0.3 is 5.97 Å². The fraction of sp³-hybridized carbons (Fsp3) is 0.375. The van der Waals surface area contributed by atoms with Crippen LogP contribution in [0.25, 0.3) is 6.08 Å². The van der Waals surface area contributed by atoms with Gasteiger partial charge in [-0.1, -0.05) is 0 Å². The van der Waals surface area contributed by atoms with E-state index in [1.807, 2.05) is 13.8 Å². The van der Waals surface area contributed by atoms with Gasteiger partial charge in [0.15, 0.2) is 17.6 Å². The zero-order valence-electron chi connectivity index (χ0n) is 13.0. The molecule has 1 aliphatic heterocycles. The fourth-order valence-corrected chi connectivity index (χ4v) is 2.40. The third-order valence-electron chi connectivity index (χ3n) is 3.35. The quantitative estimate of drug-likeness (QED) is 0.864. The predicted octanol–water partition coefficient (Wildman–Crippen LogP) is 2.32. The lowest BCUT2D eigenvalue weighted by Gasteiger charge is -2.36. The summed E-state index contributed by atoms with van der Waals surface area (Å²) in [6.07, 6.45) is 1.89. The van der Waals surface area contributed by atoms with Crippen LogP contribution in [0.3, 0.4) is 0 Å². The lowest BCUT2D eigenvalue weighted by Crippen LogP contribution is -2.48. The molecule has 6 nitrogen and oxygen atoms in total. The Balaban J connectivity index is 2.60. The molecule has 1 atom stereocenters. The van der Waals surface area contributed by atoms with Crippen LogP contribution in [0.4, 0.5) is 5.69 Å². The lowest BCUT2D eigenvalue weighted by atomic mass is 10.1. The molecule has 0 spiro atoms. The molecule has 118 valence electrons. The van der Waals surface area contributed by atoms with Gasteiger partial charge in [-0.3, -0.25) is 4.79 Å². The molecular formula is C16H19NO5. The molecule has 0 radical (unpaired) electrons. The molecule has 0 saturated heterocycles. The predicted molar refractivity (Wildman–Crippen MR) is 82.4 cm³/mol.